The highest BCUT2D eigenvalue weighted by Gasteiger charge is 2.24. The Balaban J connectivity index is 1.69. The summed E-state index contributed by atoms with van der Waals surface area (Å²) in [7, 11) is -3.23. The first-order valence-corrected chi connectivity index (χ1v) is 8.77. The minimum absolute atomic E-state index is 0.0561. The summed E-state index contributed by atoms with van der Waals surface area (Å²) in [6.07, 6.45) is 1.57. The molecule has 2 aromatic rings. The highest BCUT2D eigenvalue weighted by atomic mass is 32.2. The molecule has 3 rings (SSSR count). The van der Waals surface area contributed by atoms with Crippen molar-refractivity contribution in [1.82, 2.24) is 5.16 Å². The monoisotopic (exact) mass is 307 g/mol. The van der Waals surface area contributed by atoms with Crippen LogP contribution in [0.4, 0.5) is 0 Å². The Labute approximate surface area is 123 Å². The van der Waals surface area contributed by atoms with Crippen molar-refractivity contribution < 1.29 is 17.7 Å². The molecule has 0 bridgehead atoms. The molecule has 5 nitrogen and oxygen atoms in total. The van der Waals surface area contributed by atoms with E-state index in [1.165, 1.54) is 0 Å². The van der Waals surface area contributed by atoms with E-state index in [0.717, 1.165) is 18.4 Å². The molecule has 1 saturated heterocycles. The van der Waals surface area contributed by atoms with Crippen LogP contribution >= 0.6 is 0 Å². The molecule has 0 aliphatic carbocycles. The van der Waals surface area contributed by atoms with Crippen LogP contribution in [0.2, 0.25) is 0 Å². The van der Waals surface area contributed by atoms with Gasteiger partial charge in [0.25, 0.3) is 0 Å². The van der Waals surface area contributed by atoms with E-state index in [9.17, 15) is 8.42 Å². The van der Waals surface area contributed by atoms with Gasteiger partial charge in [0.1, 0.15) is 0 Å². The molecule has 6 heteroatoms. The summed E-state index contributed by atoms with van der Waals surface area (Å²) in [5.41, 5.74) is 1.32. The van der Waals surface area contributed by atoms with Crippen LogP contribution in [0.3, 0.4) is 0 Å². The van der Waals surface area contributed by atoms with Gasteiger partial charge < -0.3 is 9.26 Å². The topological polar surface area (TPSA) is 69.4 Å². The molecular formula is C15H17NO4S. The first-order chi connectivity index (χ1) is 10.1. The average molecular weight is 307 g/mol. The molecule has 0 N–H and O–H groups in total. The van der Waals surface area contributed by atoms with Crippen LogP contribution in [0.5, 0.6) is 0 Å². The lowest BCUT2D eigenvalue weighted by atomic mass is 10.2. The van der Waals surface area contributed by atoms with Gasteiger partial charge in [-0.2, -0.15) is 0 Å². The zero-order valence-electron chi connectivity index (χ0n) is 11.6. The SMILES string of the molecule is O=S(=O)(Cc1cc(-c2ccccc2)on1)C[C@H]1CCCO1. The van der Waals surface area contributed by atoms with Crippen molar-refractivity contribution in [2.75, 3.05) is 12.4 Å². The molecule has 1 aliphatic heterocycles. The Bertz CT molecular complexity index is 687. The van der Waals surface area contributed by atoms with Crippen molar-refractivity contribution >= 4 is 9.84 Å². The number of ether oxygens (including phenoxy) is 1. The zero-order chi connectivity index (χ0) is 14.7. The van der Waals surface area contributed by atoms with Crippen molar-refractivity contribution in [1.29, 1.82) is 0 Å². The van der Waals surface area contributed by atoms with Gasteiger partial charge >= 0.3 is 0 Å². The largest absolute Gasteiger partial charge is 0.377 e. The molecule has 1 aromatic heterocycles. The van der Waals surface area contributed by atoms with Gasteiger partial charge in [-0.05, 0) is 12.8 Å². The molecule has 1 fully saturated rings. The summed E-state index contributed by atoms with van der Waals surface area (Å²) in [4.78, 5) is 0. The molecule has 0 unspecified atom stereocenters. The molecule has 1 aliphatic rings. The second-order valence-corrected chi connectivity index (χ2v) is 7.35. The summed E-state index contributed by atoms with van der Waals surface area (Å²) in [6.45, 7) is 0.655. The van der Waals surface area contributed by atoms with Gasteiger partial charge in [0.15, 0.2) is 15.6 Å². The average Bonchev–Trinajstić information content (AvgIpc) is 3.10. The summed E-state index contributed by atoms with van der Waals surface area (Å²) in [5.74, 6) is 0.530. The highest BCUT2D eigenvalue weighted by molar-refractivity contribution is 7.90. The first kappa shape index (κ1) is 14.3. The first-order valence-electron chi connectivity index (χ1n) is 6.95. The van der Waals surface area contributed by atoms with Crippen LogP contribution in [-0.4, -0.2) is 32.0 Å². The second-order valence-electron chi connectivity index (χ2n) is 5.24. The Morgan fingerprint density at radius 1 is 1.24 bits per heavy atom. The zero-order valence-corrected chi connectivity index (χ0v) is 12.4. The molecule has 0 saturated carbocycles. The molecule has 112 valence electrons. The normalized spacial score (nSPS) is 19.0. The Morgan fingerprint density at radius 3 is 2.76 bits per heavy atom. The van der Waals surface area contributed by atoms with Crippen molar-refractivity contribution in [3.8, 4) is 11.3 Å². The van der Waals surface area contributed by atoms with E-state index in [2.05, 4.69) is 5.16 Å². The van der Waals surface area contributed by atoms with E-state index in [1.54, 1.807) is 6.07 Å². The lowest BCUT2D eigenvalue weighted by Gasteiger charge is -2.08. The lowest BCUT2D eigenvalue weighted by Crippen LogP contribution is -2.21. The van der Waals surface area contributed by atoms with Crippen LogP contribution in [0.15, 0.2) is 40.9 Å². The van der Waals surface area contributed by atoms with Crippen molar-refractivity contribution in [2.24, 2.45) is 0 Å². The summed E-state index contributed by atoms with van der Waals surface area (Å²) in [5, 5.41) is 3.86. The number of hydrogen-bond donors (Lipinski definition) is 0. The van der Waals surface area contributed by atoms with Crippen LogP contribution in [0, 0.1) is 0 Å². The van der Waals surface area contributed by atoms with E-state index in [-0.39, 0.29) is 17.6 Å². The quantitative estimate of drug-likeness (QED) is 0.848. The third-order valence-electron chi connectivity index (χ3n) is 3.45. The molecule has 1 atom stereocenters. The fraction of sp³-hybridized carbons (Fsp3) is 0.400. The molecule has 21 heavy (non-hydrogen) atoms. The standard InChI is InChI=1S/C15H17NO4S/c17-21(18,11-14-7-4-8-19-14)10-13-9-15(20-16-13)12-5-2-1-3-6-12/h1-3,5-6,9,14H,4,7-8,10-11H2/t14-/m1/s1. The predicted octanol–water partition coefficient (Wildman–Crippen LogP) is 2.44. The van der Waals surface area contributed by atoms with Gasteiger partial charge in [0.05, 0.1) is 23.3 Å². The van der Waals surface area contributed by atoms with Crippen molar-refractivity contribution in [3.63, 3.8) is 0 Å². The number of nitrogens with zero attached hydrogens (tertiary/aromatic N) is 1. The lowest BCUT2D eigenvalue weighted by molar-refractivity contribution is 0.127. The van der Waals surface area contributed by atoms with Gasteiger partial charge in [-0.15, -0.1) is 0 Å². The van der Waals surface area contributed by atoms with Crippen molar-refractivity contribution in [3.05, 3.63) is 42.1 Å². The fourth-order valence-corrected chi connectivity index (χ4v) is 4.00. The maximum Gasteiger partial charge on any atom is 0.167 e. The maximum atomic E-state index is 12.1. The van der Waals surface area contributed by atoms with E-state index < -0.39 is 9.84 Å². The molecule has 0 amide bonds. The molecule has 1 aromatic carbocycles. The van der Waals surface area contributed by atoms with E-state index in [0.29, 0.717) is 18.1 Å². The van der Waals surface area contributed by atoms with E-state index in [1.807, 2.05) is 30.3 Å². The molecule has 0 radical (unpaired) electrons. The third kappa shape index (κ3) is 3.71. The number of benzene rings is 1. The molecule has 0 spiro atoms. The van der Waals surface area contributed by atoms with Gasteiger partial charge in [0, 0.05) is 18.2 Å². The Kier molecular flexibility index (Phi) is 4.07. The highest BCUT2D eigenvalue weighted by Crippen LogP contribution is 2.22. The van der Waals surface area contributed by atoms with Gasteiger partial charge in [0.2, 0.25) is 0 Å². The molecular weight excluding hydrogens is 290 g/mol. The maximum absolute atomic E-state index is 12.1. The number of aromatic nitrogens is 1. The van der Waals surface area contributed by atoms with E-state index in [4.69, 9.17) is 9.26 Å². The van der Waals surface area contributed by atoms with Crippen LogP contribution in [-0.2, 0) is 20.3 Å². The Hall–Kier alpha value is -1.66. The smallest absolute Gasteiger partial charge is 0.167 e. The van der Waals surface area contributed by atoms with Crippen LogP contribution in [0.1, 0.15) is 18.5 Å². The summed E-state index contributed by atoms with van der Waals surface area (Å²) < 4.78 is 34.9. The minimum atomic E-state index is -3.23. The Morgan fingerprint density at radius 2 is 2.05 bits per heavy atom. The number of rotatable bonds is 5. The van der Waals surface area contributed by atoms with E-state index >= 15 is 0 Å². The third-order valence-corrected chi connectivity index (χ3v) is 5.06. The summed E-state index contributed by atoms with van der Waals surface area (Å²) >= 11 is 0. The van der Waals surface area contributed by atoms with Gasteiger partial charge in [-0.25, -0.2) is 8.42 Å². The minimum Gasteiger partial charge on any atom is -0.377 e. The summed E-state index contributed by atoms with van der Waals surface area (Å²) in [6, 6.07) is 11.2. The number of hydrogen-bond acceptors (Lipinski definition) is 5. The fourth-order valence-electron chi connectivity index (χ4n) is 2.46. The predicted molar refractivity (Wildman–Crippen MR) is 78.4 cm³/mol. The van der Waals surface area contributed by atoms with Gasteiger partial charge in [-0.3, -0.25) is 0 Å². The van der Waals surface area contributed by atoms with Gasteiger partial charge in [-0.1, -0.05) is 35.5 Å². The second kappa shape index (κ2) is 5.99. The van der Waals surface area contributed by atoms with Crippen molar-refractivity contribution in [2.45, 2.75) is 24.7 Å². The molecule has 2 heterocycles. The van der Waals surface area contributed by atoms with Crippen LogP contribution < -0.4 is 0 Å². The number of sulfone groups is 1. The van der Waals surface area contributed by atoms with Crippen LogP contribution in [0.25, 0.3) is 11.3 Å².